The first-order valence-electron chi connectivity index (χ1n) is 11.6. The molecule has 2 aromatic rings. The minimum Gasteiger partial charge on any atom is -0.350 e. The van der Waals surface area contributed by atoms with E-state index in [-0.39, 0.29) is 24.3 Å². The summed E-state index contributed by atoms with van der Waals surface area (Å²) in [4.78, 5) is 48.2. The molecule has 0 aliphatic rings. The van der Waals surface area contributed by atoms with Gasteiger partial charge in [0.2, 0.25) is 11.8 Å². The number of aryl methyl sites for hydroxylation is 1. The maximum Gasteiger partial charge on any atom is 0.416 e. The Hall–Kier alpha value is -4.00. The molecule has 0 radical (unpaired) electrons. The van der Waals surface area contributed by atoms with Crippen LogP contribution in [0.25, 0.3) is 0 Å². The number of nitrogens with zero attached hydrogens (tertiary/aromatic N) is 1. The highest BCUT2D eigenvalue weighted by atomic mass is 19.4. The molecule has 0 saturated carbocycles. The van der Waals surface area contributed by atoms with E-state index in [0.29, 0.717) is 17.2 Å². The van der Waals surface area contributed by atoms with Gasteiger partial charge in [0.25, 0.3) is 11.6 Å². The van der Waals surface area contributed by atoms with Crippen LogP contribution in [0.4, 0.5) is 18.9 Å². The van der Waals surface area contributed by atoms with Gasteiger partial charge in [-0.3, -0.25) is 24.5 Å². The number of carbonyl (C=O) groups excluding carboxylic acids is 3. The fourth-order valence-corrected chi connectivity index (χ4v) is 3.33. The van der Waals surface area contributed by atoms with E-state index in [9.17, 15) is 37.7 Å². The summed E-state index contributed by atoms with van der Waals surface area (Å²) in [6, 6.07) is 7.40. The van der Waals surface area contributed by atoms with Crippen LogP contribution in [-0.2, 0) is 22.3 Å². The quantitative estimate of drug-likeness (QED) is 0.271. The Kier molecular flexibility index (Phi) is 9.94. The molecule has 2 rings (SSSR count). The molecule has 0 heterocycles. The van der Waals surface area contributed by atoms with Crippen molar-refractivity contribution < 1.29 is 32.5 Å². The summed E-state index contributed by atoms with van der Waals surface area (Å²) < 4.78 is 38.7. The lowest BCUT2D eigenvalue weighted by atomic mass is 10.1. The summed E-state index contributed by atoms with van der Waals surface area (Å²) >= 11 is 0. The molecule has 206 valence electrons. The monoisotopic (exact) mass is 537 g/mol. The molecule has 0 aromatic heterocycles. The van der Waals surface area contributed by atoms with Crippen LogP contribution in [0.1, 0.15) is 47.8 Å². The van der Waals surface area contributed by atoms with Crippen LogP contribution in [0.3, 0.4) is 0 Å². The lowest BCUT2D eigenvalue weighted by Gasteiger charge is -2.26. The summed E-state index contributed by atoms with van der Waals surface area (Å²) in [5, 5.41) is 21.6. The molecule has 38 heavy (non-hydrogen) atoms. The maximum absolute atomic E-state index is 12.9. The highest BCUT2D eigenvalue weighted by molar-refractivity contribution is 5.97. The molecule has 0 spiro atoms. The average Bonchev–Trinajstić information content (AvgIpc) is 2.81. The van der Waals surface area contributed by atoms with E-state index in [0.717, 1.165) is 12.1 Å². The van der Waals surface area contributed by atoms with Gasteiger partial charge in [0, 0.05) is 35.8 Å². The average molecular weight is 538 g/mol. The summed E-state index contributed by atoms with van der Waals surface area (Å²) in [6.45, 7) is 6.40. The molecule has 1 atom stereocenters. The Labute approximate surface area is 217 Å². The van der Waals surface area contributed by atoms with Gasteiger partial charge in [-0.25, -0.2) is 0 Å². The molecule has 4 N–H and O–H groups in total. The number of hydrogen-bond acceptors (Lipinski definition) is 6. The molecular weight excluding hydrogens is 507 g/mol. The van der Waals surface area contributed by atoms with E-state index in [1.54, 1.807) is 39.8 Å². The topological polar surface area (TPSA) is 142 Å². The van der Waals surface area contributed by atoms with Crippen LogP contribution in [0.5, 0.6) is 0 Å². The first-order valence-corrected chi connectivity index (χ1v) is 11.6. The zero-order valence-corrected chi connectivity index (χ0v) is 21.4. The molecule has 0 aliphatic carbocycles. The van der Waals surface area contributed by atoms with Crippen molar-refractivity contribution in [1.29, 1.82) is 0 Å². The van der Waals surface area contributed by atoms with Crippen molar-refractivity contribution >= 4 is 23.4 Å². The molecule has 2 aromatic carbocycles. The van der Waals surface area contributed by atoms with E-state index in [2.05, 4.69) is 21.3 Å². The van der Waals surface area contributed by atoms with Crippen molar-refractivity contribution in [2.75, 3.05) is 13.1 Å². The summed E-state index contributed by atoms with van der Waals surface area (Å²) in [7, 11) is 0. The second-order valence-electron chi connectivity index (χ2n) is 9.63. The molecule has 0 fully saturated rings. The standard InChI is InChI=1S/C25H30F3N5O5/c1-15-8-9-16(10-20(15)33(37)38)12-29-13-19(23(36)32-24(2,3)4)31-21(34)14-30-22(35)17-6-5-7-18(11-17)25(26,27)28/h5-11,19,29H,12-14H2,1-4H3,(H,30,35)(H,31,34)(H,32,36)/t19-/m0/s1. The molecular formula is C25H30F3N5O5. The van der Waals surface area contributed by atoms with Crippen LogP contribution >= 0.6 is 0 Å². The number of halogens is 3. The van der Waals surface area contributed by atoms with Crippen molar-refractivity contribution in [3.05, 3.63) is 74.8 Å². The van der Waals surface area contributed by atoms with Crippen molar-refractivity contribution in [2.24, 2.45) is 0 Å². The Morgan fingerprint density at radius 3 is 2.34 bits per heavy atom. The molecule has 10 nitrogen and oxygen atoms in total. The molecule has 0 aliphatic heterocycles. The van der Waals surface area contributed by atoms with Crippen LogP contribution in [0.2, 0.25) is 0 Å². The summed E-state index contributed by atoms with van der Waals surface area (Å²) in [6.07, 6.45) is -4.63. The lowest BCUT2D eigenvalue weighted by molar-refractivity contribution is -0.385. The van der Waals surface area contributed by atoms with Gasteiger partial charge in [0.1, 0.15) is 6.04 Å². The third-order valence-electron chi connectivity index (χ3n) is 5.16. The third-order valence-corrected chi connectivity index (χ3v) is 5.16. The van der Waals surface area contributed by atoms with Crippen molar-refractivity contribution in [3.8, 4) is 0 Å². The molecule has 0 bridgehead atoms. The second-order valence-corrected chi connectivity index (χ2v) is 9.63. The normalized spacial score (nSPS) is 12.4. The molecule has 0 unspecified atom stereocenters. The number of nitrogens with one attached hydrogen (secondary N) is 4. The number of benzene rings is 2. The zero-order valence-electron chi connectivity index (χ0n) is 21.4. The van der Waals surface area contributed by atoms with Crippen LogP contribution < -0.4 is 21.3 Å². The first-order chi connectivity index (χ1) is 17.6. The van der Waals surface area contributed by atoms with Crippen LogP contribution in [0.15, 0.2) is 42.5 Å². The minimum absolute atomic E-state index is 0.0447. The van der Waals surface area contributed by atoms with Gasteiger partial charge in [0.15, 0.2) is 0 Å². The van der Waals surface area contributed by atoms with E-state index < -0.39 is 52.5 Å². The van der Waals surface area contributed by atoms with Crippen molar-refractivity contribution in [2.45, 2.75) is 52.0 Å². The van der Waals surface area contributed by atoms with Crippen LogP contribution in [0, 0.1) is 17.0 Å². The number of carbonyl (C=O) groups is 3. The van der Waals surface area contributed by atoms with E-state index in [1.165, 1.54) is 12.1 Å². The Bertz CT molecular complexity index is 1190. The first kappa shape index (κ1) is 30.2. The number of nitro benzene ring substituents is 1. The SMILES string of the molecule is Cc1ccc(CNC[C@H](NC(=O)CNC(=O)c2cccc(C(F)(F)F)c2)C(=O)NC(C)(C)C)cc1[N+](=O)[O-]. The Morgan fingerprint density at radius 2 is 1.74 bits per heavy atom. The highest BCUT2D eigenvalue weighted by Gasteiger charge is 2.31. The fourth-order valence-electron chi connectivity index (χ4n) is 3.33. The van der Waals surface area contributed by atoms with Gasteiger partial charge in [-0.15, -0.1) is 0 Å². The Balaban J connectivity index is 2.02. The van der Waals surface area contributed by atoms with Crippen molar-refractivity contribution in [1.82, 2.24) is 21.3 Å². The molecule has 3 amide bonds. The largest absolute Gasteiger partial charge is 0.416 e. The van der Waals surface area contributed by atoms with Gasteiger partial charge < -0.3 is 21.3 Å². The summed E-state index contributed by atoms with van der Waals surface area (Å²) in [5.41, 5.74) is -0.842. The van der Waals surface area contributed by atoms with Gasteiger partial charge in [-0.2, -0.15) is 13.2 Å². The van der Waals surface area contributed by atoms with Gasteiger partial charge in [-0.1, -0.05) is 18.2 Å². The predicted molar refractivity (Wildman–Crippen MR) is 133 cm³/mol. The number of rotatable bonds is 10. The second kappa shape index (κ2) is 12.5. The minimum atomic E-state index is -4.63. The zero-order chi connectivity index (χ0) is 28.7. The smallest absolute Gasteiger partial charge is 0.350 e. The van der Waals surface area contributed by atoms with Gasteiger partial charge >= 0.3 is 6.18 Å². The summed E-state index contributed by atoms with van der Waals surface area (Å²) in [5.74, 6) is -2.15. The van der Waals surface area contributed by atoms with Crippen LogP contribution in [-0.4, -0.2) is 47.3 Å². The maximum atomic E-state index is 12.9. The molecule has 13 heteroatoms. The van der Waals surface area contributed by atoms with E-state index in [4.69, 9.17) is 0 Å². The highest BCUT2D eigenvalue weighted by Crippen LogP contribution is 2.29. The lowest BCUT2D eigenvalue weighted by Crippen LogP contribution is -2.56. The van der Waals surface area contributed by atoms with E-state index >= 15 is 0 Å². The van der Waals surface area contributed by atoms with Gasteiger partial charge in [0.05, 0.1) is 17.0 Å². The third kappa shape index (κ3) is 9.47. The number of amides is 3. The number of hydrogen-bond donors (Lipinski definition) is 4. The Morgan fingerprint density at radius 1 is 1.05 bits per heavy atom. The number of nitro groups is 1. The van der Waals surface area contributed by atoms with Gasteiger partial charge in [-0.05, 0) is 51.5 Å². The number of alkyl halides is 3. The molecule has 0 saturated heterocycles. The predicted octanol–water partition coefficient (Wildman–Crippen LogP) is 2.84. The van der Waals surface area contributed by atoms with E-state index in [1.807, 2.05) is 0 Å². The van der Waals surface area contributed by atoms with Crippen molar-refractivity contribution in [3.63, 3.8) is 0 Å². The fraction of sp³-hybridized carbons (Fsp3) is 0.400.